The Morgan fingerprint density at radius 1 is 1.16 bits per heavy atom. The van der Waals surface area contributed by atoms with Crippen molar-refractivity contribution in [1.29, 1.82) is 0 Å². The van der Waals surface area contributed by atoms with Gasteiger partial charge in [0.1, 0.15) is 5.82 Å². The zero-order valence-corrected chi connectivity index (χ0v) is 10.2. The fourth-order valence-electron chi connectivity index (χ4n) is 1.66. The minimum Gasteiger partial charge on any atom is -0.318 e. The van der Waals surface area contributed by atoms with Crippen molar-refractivity contribution in [3.8, 4) is 0 Å². The van der Waals surface area contributed by atoms with Gasteiger partial charge in [-0.15, -0.1) is 0 Å². The second-order valence-corrected chi connectivity index (χ2v) is 4.75. The molecule has 0 unspecified atom stereocenters. The summed E-state index contributed by atoms with van der Waals surface area (Å²) >= 11 is 1.02. The van der Waals surface area contributed by atoms with Gasteiger partial charge >= 0.3 is 0 Å². The van der Waals surface area contributed by atoms with Crippen molar-refractivity contribution >= 4 is 29.1 Å². The number of aromatic nitrogens is 2. The summed E-state index contributed by atoms with van der Waals surface area (Å²) in [5.41, 5.74) is 0.371. The standard InChI is InChI=1S/C12H6FN3O2S/c13-7-4-6-8(16-11(18)10(6)17)5-9(7)19-12-14-2-1-3-15-12/h1-5H,(H,16,17,18). The number of carbonyl (C=O) groups is 2. The molecule has 5 nitrogen and oxygen atoms in total. The molecule has 0 aliphatic carbocycles. The number of Topliss-reactive ketones (excluding diaryl/α,β-unsaturated/α-hetero) is 1. The van der Waals surface area contributed by atoms with E-state index in [0.29, 0.717) is 10.8 Å². The number of rotatable bonds is 2. The third kappa shape index (κ3) is 2.08. The summed E-state index contributed by atoms with van der Waals surface area (Å²) < 4.78 is 13.9. The largest absolute Gasteiger partial charge is 0.318 e. The lowest BCUT2D eigenvalue weighted by atomic mass is 10.1. The van der Waals surface area contributed by atoms with Crippen molar-refractivity contribution < 1.29 is 14.0 Å². The van der Waals surface area contributed by atoms with Crippen molar-refractivity contribution in [1.82, 2.24) is 9.97 Å². The van der Waals surface area contributed by atoms with Gasteiger partial charge in [-0.25, -0.2) is 14.4 Å². The zero-order chi connectivity index (χ0) is 13.4. The second-order valence-electron chi connectivity index (χ2n) is 3.74. The molecule has 3 rings (SSSR count). The predicted octanol–water partition coefficient (Wildman–Crippen LogP) is 1.90. The molecule has 1 aliphatic rings. The molecule has 7 heteroatoms. The Balaban J connectivity index is 1.99. The molecule has 1 aliphatic heterocycles. The van der Waals surface area contributed by atoms with Gasteiger partial charge in [0.2, 0.25) is 0 Å². The highest BCUT2D eigenvalue weighted by molar-refractivity contribution is 7.99. The summed E-state index contributed by atoms with van der Waals surface area (Å²) in [6, 6.07) is 4.12. The SMILES string of the molecule is O=C1Nc2cc(Sc3ncccn3)c(F)cc2C1=O. The highest BCUT2D eigenvalue weighted by Crippen LogP contribution is 2.33. The molecular weight excluding hydrogens is 269 g/mol. The Labute approximate surface area is 111 Å². The Bertz CT molecular complexity index is 691. The first-order valence-electron chi connectivity index (χ1n) is 5.29. The van der Waals surface area contributed by atoms with Gasteiger partial charge in [0.25, 0.3) is 11.7 Å². The first-order chi connectivity index (χ1) is 9.15. The van der Waals surface area contributed by atoms with Crippen LogP contribution >= 0.6 is 11.8 Å². The van der Waals surface area contributed by atoms with Crippen LogP contribution in [0.4, 0.5) is 10.1 Å². The van der Waals surface area contributed by atoms with Crippen molar-refractivity contribution in [3.63, 3.8) is 0 Å². The maximum absolute atomic E-state index is 13.9. The molecule has 1 amide bonds. The number of benzene rings is 1. The van der Waals surface area contributed by atoms with Crippen LogP contribution in [0.2, 0.25) is 0 Å². The maximum atomic E-state index is 13.9. The molecule has 1 aromatic carbocycles. The average molecular weight is 275 g/mol. The molecule has 0 bridgehead atoms. The first kappa shape index (κ1) is 11.8. The molecule has 0 saturated heterocycles. The number of anilines is 1. The van der Waals surface area contributed by atoms with Crippen LogP contribution in [0.5, 0.6) is 0 Å². The average Bonchev–Trinajstić information content (AvgIpc) is 2.67. The number of carbonyl (C=O) groups excluding carboxylic acids is 2. The van der Waals surface area contributed by atoms with Crippen LogP contribution in [0.1, 0.15) is 10.4 Å². The van der Waals surface area contributed by atoms with Crippen molar-refractivity contribution in [3.05, 3.63) is 42.0 Å². The Hall–Kier alpha value is -2.28. The second kappa shape index (κ2) is 4.43. The maximum Gasteiger partial charge on any atom is 0.296 e. The van der Waals surface area contributed by atoms with Crippen molar-refractivity contribution in [2.24, 2.45) is 0 Å². The molecule has 0 spiro atoms. The number of amides is 1. The minimum atomic E-state index is -0.743. The molecule has 2 heterocycles. The van der Waals surface area contributed by atoms with Crippen LogP contribution in [0, 0.1) is 5.82 Å². The number of nitrogens with one attached hydrogen (secondary N) is 1. The van der Waals surface area contributed by atoms with Crippen LogP contribution in [0.25, 0.3) is 0 Å². The molecule has 94 valence electrons. The van der Waals surface area contributed by atoms with Crippen LogP contribution in [0.15, 0.2) is 40.6 Å². The number of hydrogen-bond acceptors (Lipinski definition) is 5. The number of nitrogens with zero attached hydrogens (tertiary/aromatic N) is 2. The van der Waals surface area contributed by atoms with E-state index >= 15 is 0 Å². The van der Waals surface area contributed by atoms with Crippen LogP contribution in [0.3, 0.4) is 0 Å². The Kier molecular flexibility index (Phi) is 2.75. The van der Waals surface area contributed by atoms with Crippen LogP contribution < -0.4 is 5.32 Å². The first-order valence-corrected chi connectivity index (χ1v) is 6.11. The summed E-state index contributed by atoms with van der Waals surface area (Å²) in [7, 11) is 0. The zero-order valence-electron chi connectivity index (χ0n) is 9.38. The van der Waals surface area contributed by atoms with Crippen molar-refractivity contribution in [2.75, 3.05) is 5.32 Å². The molecule has 0 atom stereocenters. The number of ketones is 1. The normalized spacial score (nSPS) is 13.3. The molecule has 1 aromatic heterocycles. The summed E-state index contributed by atoms with van der Waals surface area (Å²) in [5, 5.41) is 2.78. The molecular formula is C12H6FN3O2S. The molecule has 0 radical (unpaired) electrons. The topological polar surface area (TPSA) is 72.0 Å². The lowest BCUT2D eigenvalue weighted by Crippen LogP contribution is -2.12. The summed E-state index contributed by atoms with van der Waals surface area (Å²) in [5.74, 6) is -2.05. The monoisotopic (exact) mass is 275 g/mol. The third-order valence-corrected chi connectivity index (χ3v) is 3.44. The quantitative estimate of drug-likeness (QED) is 0.669. The Morgan fingerprint density at radius 3 is 2.63 bits per heavy atom. The van der Waals surface area contributed by atoms with E-state index in [2.05, 4.69) is 15.3 Å². The van der Waals surface area contributed by atoms with Gasteiger partial charge in [-0.05, 0) is 30.0 Å². The summed E-state index contributed by atoms with van der Waals surface area (Å²) in [4.78, 5) is 30.8. The predicted molar refractivity (Wildman–Crippen MR) is 65.5 cm³/mol. The van der Waals surface area contributed by atoms with Crippen LogP contribution in [-0.2, 0) is 4.79 Å². The van der Waals surface area contributed by atoms with E-state index in [-0.39, 0.29) is 10.5 Å². The molecule has 1 N–H and O–H groups in total. The highest BCUT2D eigenvalue weighted by atomic mass is 32.2. The van der Waals surface area contributed by atoms with E-state index in [1.54, 1.807) is 18.5 Å². The van der Waals surface area contributed by atoms with Gasteiger partial charge in [-0.1, -0.05) is 0 Å². The van der Waals surface area contributed by atoms with Gasteiger partial charge in [0.15, 0.2) is 5.16 Å². The third-order valence-electron chi connectivity index (χ3n) is 2.51. The summed E-state index contributed by atoms with van der Waals surface area (Å²) in [6.45, 7) is 0. The van der Waals surface area contributed by atoms with Gasteiger partial charge in [0, 0.05) is 12.4 Å². The lowest BCUT2D eigenvalue weighted by Gasteiger charge is -2.04. The Morgan fingerprint density at radius 2 is 1.89 bits per heavy atom. The van der Waals surface area contributed by atoms with E-state index in [1.165, 1.54) is 6.07 Å². The van der Waals surface area contributed by atoms with E-state index in [4.69, 9.17) is 0 Å². The molecule has 0 saturated carbocycles. The van der Waals surface area contributed by atoms with Crippen LogP contribution in [-0.4, -0.2) is 21.7 Å². The van der Waals surface area contributed by atoms with E-state index in [1.807, 2.05) is 0 Å². The fourth-order valence-corrected chi connectivity index (χ4v) is 2.42. The highest BCUT2D eigenvalue weighted by Gasteiger charge is 2.29. The van der Waals surface area contributed by atoms with Gasteiger partial charge in [-0.2, -0.15) is 0 Å². The van der Waals surface area contributed by atoms with Gasteiger partial charge < -0.3 is 5.32 Å². The van der Waals surface area contributed by atoms with Crippen molar-refractivity contribution in [2.45, 2.75) is 10.1 Å². The van der Waals surface area contributed by atoms with Gasteiger partial charge in [-0.3, -0.25) is 9.59 Å². The number of halogens is 1. The lowest BCUT2D eigenvalue weighted by molar-refractivity contribution is -0.112. The summed E-state index contributed by atoms with van der Waals surface area (Å²) in [6.07, 6.45) is 3.10. The number of hydrogen-bond donors (Lipinski definition) is 1. The smallest absolute Gasteiger partial charge is 0.296 e. The molecule has 2 aromatic rings. The van der Waals surface area contributed by atoms with E-state index in [0.717, 1.165) is 17.8 Å². The van der Waals surface area contributed by atoms with E-state index < -0.39 is 17.5 Å². The van der Waals surface area contributed by atoms with Gasteiger partial charge in [0.05, 0.1) is 16.1 Å². The fraction of sp³-hybridized carbons (Fsp3) is 0. The molecule has 19 heavy (non-hydrogen) atoms. The van der Waals surface area contributed by atoms with E-state index in [9.17, 15) is 14.0 Å². The molecule has 0 fully saturated rings. The minimum absolute atomic E-state index is 0.0563. The number of fused-ring (bicyclic) bond motifs is 1.